The molecule has 1 heterocycles. The molecule has 1 amide bonds. The highest BCUT2D eigenvalue weighted by Crippen LogP contribution is 2.17. The Morgan fingerprint density at radius 3 is 2.61 bits per heavy atom. The fraction of sp³-hybridized carbons (Fsp3) is 0.636. The normalized spacial score (nSPS) is 15.8. The molecule has 6 heteroatoms. The van der Waals surface area contributed by atoms with Gasteiger partial charge in [0.1, 0.15) is 5.82 Å². The predicted octanol–water partition coefficient (Wildman–Crippen LogP) is 3.35. The molecule has 0 unspecified atom stereocenters. The van der Waals surface area contributed by atoms with E-state index in [4.69, 9.17) is 0 Å². The van der Waals surface area contributed by atoms with Crippen molar-refractivity contribution < 1.29 is 9.18 Å². The number of nitrogens with one attached hydrogen (secondary N) is 2. The van der Waals surface area contributed by atoms with Crippen molar-refractivity contribution >= 4 is 11.9 Å². The first-order valence-electron chi connectivity index (χ1n) is 10.6. The van der Waals surface area contributed by atoms with Crippen LogP contribution in [0.4, 0.5) is 4.39 Å². The molecule has 1 aromatic rings. The van der Waals surface area contributed by atoms with E-state index in [2.05, 4.69) is 29.5 Å². The minimum atomic E-state index is -0.183. The van der Waals surface area contributed by atoms with Crippen LogP contribution in [-0.2, 0) is 11.2 Å². The third-order valence-corrected chi connectivity index (χ3v) is 5.53. The van der Waals surface area contributed by atoms with Gasteiger partial charge in [-0.1, -0.05) is 26.0 Å². The Morgan fingerprint density at radius 2 is 2.00 bits per heavy atom. The van der Waals surface area contributed by atoms with Crippen LogP contribution in [0.2, 0.25) is 0 Å². The average molecular weight is 391 g/mol. The fourth-order valence-electron chi connectivity index (χ4n) is 3.72. The van der Waals surface area contributed by atoms with E-state index in [0.29, 0.717) is 11.9 Å². The van der Waals surface area contributed by atoms with Crippen molar-refractivity contribution in [2.45, 2.75) is 58.4 Å². The minimum absolute atomic E-state index is 0.164. The van der Waals surface area contributed by atoms with Crippen molar-refractivity contribution in [2.75, 3.05) is 26.7 Å². The monoisotopic (exact) mass is 390 g/mol. The smallest absolute Gasteiger partial charge is 0.225 e. The summed E-state index contributed by atoms with van der Waals surface area (Å²) in [6.45, 7) is 6.57. The number of amides is 1. The van der Waals surface area contributed by atoms with E-state index in [0.717, 1.165) is 69.7 Å². The molecule has 0 saturated carbocycles. The highest BCUT2D eigenvalue weighted by Gasteiger charge is 2.26. The summed E-state index contributed by atoms with van der Waals surface area (Å²) in [7, 11) is 1.77. The summed E-state index contributed by atoms with van der Waals surface area (Å²) >= 11 is 0. The largest absolute Gasteiger partial charge is 0.356 e. The zero-order valence-electron chi connectivity index (χ0n) is 17.5. The van der Waals surface area contributed by atoms with Gasteiger partial charge in [0, 0.05) is 38.6 Å². The third-order valence-electron chi connectivity index (χ3n) is 5.53. The topological polar surface area (TPSA) is 56.7 Å². The second-order valence-electron chi connectivity index (χ2n) is 7.49. The van der Waals surface area contributed by atoms with Gasteiger partial charge in [-0.05, 0) is 56.2 Å². The van der Waals surface area contributed by atoms with Crippen molar-refractivity contribution in [1.82, 2.24) is 15.5 Å². The molecule has 156 valence electrons. The van der Waals surface area contributed by atoms with Crippen LogP contribution in [0, 0.1) is 11.7 Å². The van der Waals surface area contributed by atoms with Crippen molar-refractivity contribution in [3.63, 3.8) is 0 Å². The van der Waals surface area contributed by atoms with Gasteiger partial charge in [0.25, 0.3) is 0 Å². The van der Waals surface area contributed by atoms with Crippen LogP contribution in [0.1, 0.15) is 51.5 Å². The number of hydrogen-bond donors (Lipinski definition) is 2. The van der Waals surface area contributed by atoms with Gasteiger partial charge >= 0.3 is 0 Å². The minimum Gasteiger partial charge on any atom is -0.356 e. The van der Waals surface area contributed by atoms with Crippen molar-refractivity contribution in [2.24, 2.45) is 10.9 Å². The molecule has 0 aromatic heterocycles. The molecule has 0 bridgehead atoms. The predicted molar refractivity (Wildman–Crippen MR) is 113 cm³/mol. The van der Waals surface area contributed by atoms with E-state index in [1.165, 1.54) is 6.07 Å². The van der Waals surface area contributed by atoms with E-state index >= 15 is 0 Å². The maximum Gasteiger partial charge on any atom is 0.225 e. The van der Waals surface area contributed by atoms with Gasteiger partial charge < -0.3 is 15.5 Å². The highest BCUT2D eigenvalue weighted by molar-refractivity contribution is 5.80. The van der Waals surface area contributed by atoms with Gasteiger partial charge in [-0.25, -0.2) is 4.39 Å². The number of aryl methyl sites for hydroxylation is 1. The molecule has 0 atom stereocenters. The third kappa shape index (κ3) is 6.80. The van der Waals surface area contributed by atoms with Crippen LogP contribution < -0.4 is 10.6 Å². The number of guanidine groups is 1. The molecule has 1 saturated heterocycles. The number of carbonyl (C=O) groups excluding carboxylic acids is 1. The molecule has 5 nitrogen and oxygen atoms in total. The molecule has 1 aliphatic rings. The lowest BCUT2D eigenvalue weighted by Crippen LogP contribution is -2.50. The number of piperidine rings is 1. The number of rotatable bonds is 8. The Morgan fingerprint density at radius 1 is 1.29 bits per heavy atom. The summed E-state index contributed by atoms with van der Waals surface area (Å²) in [6, 6.07) is 7.09. The first kappa shape index (κ1) is 22.2. The van der Waals surface area contributed by atoms with E-state index in [9.17, 15) is 9.18 Å². The second-order valence-corrected chi connectivity index (χ2v) is 7.49. The summed E-state index contributed by atoms with van der Waals surface area (Å²) < 4.78 is 13.2. The van der Waals surface area contributed by atoms with Crippen LogP contribution in [0.25, 0.3) is 0 Å². The SMILES string of the molecule is CCC(CC)C(=O)N1CCC(NC(=NC)NCCCc2cccc(F)c2)CC1. The van der Waals surface area contributed by atoms with Gasteiger partial charge in [-0.3, -0.25) is 9.79 Å². The zero-order chi connectivity index (χ0) is 20.4. The number of likely N-dealkylation sites (tertiary alicyclic amines) is 1. The number of nitrogens with zero attached hydrogens (tertiary/aromatic N) is 2. The van der Waals surface area contributed by atoms with Crippen LogP contribution in [0.5, 0.6) is 0 Å². The molecule has 0 radical (unpaired) electrons. The maximum absolute atomic E-state index is 13.2. The van der Waals surface area contributed by atoms with Gasteiger partial charge in [0.15, 0.2) is 5.96 Å². The summed E-state index contributed by atoms with van der Waals surface area (Å²) in [4.78, 5) is 18.8. The Balaban J connectivity index is 1.69. The molecule has 2 N–H and O–H groups in total. The summed E-state index contributed by atoms with van der Waals surface area (Å²) in [5.41, 5.74) is 1.01. The number of hydrogen-bond acceptors (Lipinski definition) is 2. The van der Waals surface area contributed by atoms with Crippen LogP contribution in [0.3, 0.4) is 0 Å². The first-order valence-corrected chi connectivity index (χ1v) is 10.6. The first-order chi connectivity index (χ1) is 13.6. The number of aliphatic imine (C=N–C) groups is 1. The van der Waals surface area contributed by atoms with Crippen molar-refractivity contribution in [1.29, 1.82) is 0 Å². The summed E-state index contributed by atoms with van der Waals surface area (Å²) in [5.74, 6) is 1.08. The number of halogens is 1. The molecular weight excluding hydrogens is 355 g/mol. The molecule has 2 rings (SSSR count). The fourth-order valence-corrected chi connectivity index (χ4v) is 3.72. The van der Waals surface area contributed by atoms with Crippen LogP contribution >= 0.6 is 0 Å². The Bertz CT molecular complexity index is 637. The Labute approximate surface area is 168 Å². The lowest BCUT2D eigenvalue weighted by molar-refractivity contribution is -0.136. The Kier molecular flexibility index (Phi) is 9.24. The van der Waals surface area contributed by atoms with Crippen LogP contribution in [-0.4, -0.2) is 49.5 Å². The zero-order valence-corrected chi connectivity index (χ0v) is 17.5. The van der Waals surface area contributed by atoms with Crippen LogP contribution in [0.15, 0.2) is 29.3 Å². The number of benzene rings is 1. The number of carbonyl (C=O) groups is 1. The van der Waals surface area contributed by atoms with Gasteiger partial charge in [0.05, 0.1) is 0 Å². The molecule has 1 aliphatic heterocycles. The second kappa shape index (κ2) is 11.7. The standard InChI is InChI=1S/C22H35FN4O/c1-4-18(5-2)21(28)27-14-11-20(12-15-27)26-22(24-3)25-13-7-9-17-8-6-10-19(23)16-17/h6,8,10,16,18,20H,4-5,7,9,11-15H2,1-3H3,(H2,24,25,26). The molecule has 0 aliphatic carbocycles. The van der Waals surface area contributed by atoms with Crippen molar-refractivity contribution in [3.8, 4) is 0 Å². The summed E-state index contributed by atoms with van der Waals surface area (Å²) in [6.07, 6.45) is 5.45. The van der Waals surface area contributed by atoms with Gasteiger partial charge in [0.2, 0.25) is 5.91 Å². The van der Waals surface area contributed by atoms with E-state index in [1.54, 1.807) is 19.2 Å². The molecule has 0 spiro atoms. The van der Waals surface area contributed by atoms with Gasteiger partial charge in [-0.15, -0.1) is 0 Å². The highest BCUT2D eigenvalue weighted by atomic mass is 19.1. The molecule has 1 aromatic carbocycles. The van der Waals surface area contributed by atoms with E-state index < -0.39 is 0 Å². The average Bonchev–Trinajstić information content (AvgIpc) is 2.71. The lowest BCUT2D eigenvalue weighted by Gasteiger charge is -2.34. The van der Waals surface area contributed by atoms with Gasteiger partial charge in [-0.2, -0.15) is 0 Å². The molecule has 1 fully saturated rings. The van der Waals surface area contributed by atoms with E-state index in [1.807, 2.05) is 11.0 Å². The summed E-state index contributed by atoms with van der Waals surface area (Å²) in [5, 5.41) is 6.81. The molecular formula is C22H35FN4O. The quantitative estimate of drug-likeness (QED) is 0.407. The molecule has 28 heavy (non-hydrogen) atoms. The maximum atomic E-state index is 13.2. The lowest BCUT2D eigenvalue weighted by atomic mass is 9.98. The Hall–Kier alpha value is -2.11. The van der Waals surface area contributed by atoms with E-state index in [-0.39, 0.29) is 11.7 Å². The van der Waals surface area contributed by atoms with Crippen molar-refractivity contribution in [3.05, 3.63) is 35.6 Å².